The van der Waals surface area contributed by atoms with Gasteiger partial charge in [-0.2, -0.15) is 4.98 Å². The maximum atomic E-state index is 8.54. The lowest BCUT2D eigenvalue weighted by atomic mass is 10.2. The van der Waals surface area contributed by atoms with E-state index in [2.05, 4.69) is 25.1 Å². The normalized spacial score (nSPS) is 11.5. The lowest BCUT2D eigenvalue weighted by Crippen LogP contribution is -2.21. The first-order valence-electron chi connectivity index (χ1n) is 5.96. The third-order valence-electron chi connectivity index (χ3n) is 2.50. The summed E-state index contributed by atoms with van der Waals surface area (Å²) < 4.78 is 10.1. The molecule has 0 saturated heterocycles. The van der Waals surface area contributed by atoms with Gasteiger partial charge in [-0.15, -0.1) is 0 Å². The molecule has 0 amide bonds. The van der Waals surface area contributed by atoms with Crippen LogP contribution in [0.25, 0.3) is 0 Å². The Morgan fingerprint density at radius 3 is 2.85 bits per heavy atom. The molecule has 0 fully saturated rings. The van der Waals surface area contributed by atoms with E-state index in [0.29, 0.717) is 36.8 Å². The number of aromatic nitrogens is 2. The molecule has 0 saturated carbocycles. The average molecular weight is 277 g/mol. The minimum atomic E-state index is 0.0679. The second-order valence-corrected chi connectivity index (χ2v) is 3.88. The Hall–Kier alpha value is -2.61. The fourth-order valence-corrected chi connectivity index (χ4v) is 1.49. The molecule has 0 aliphatic rings. The SMILES string of the molecule is N/C(=N/O)c1ccc(OCCNCc2ncon2)cc1. The third-order valence-corrected chi connectivity index (χ3v) is 2.50. The van der Waals surface area contributed by atoms with Gasteiger partial charge >= 0.3 is 0 Å². The highest BCUT2D eigenvalue weighted by molar-refractivity contribution is 5.97. The summed E-state index contributed by atoms with van der Waals surface area (Å²) in [6, 6.07) is 6.95. The third kappa shape index (κ3) is 3.95. The molecule has 0 atom stereocenters. The van der Waals surface area contributed by atoms with Crippen molar-refractivity contribution in [2.75, 3.05) is 13.2 Å². The number of nitrogens with two attached hydrogens (primary N) is 1. The van der Waals surface area contributed by atoms with E-state index < -0.39 is 0 Å². The smallest absolute Gasteiger partial charge is 0.213 e. The van der Waals surface area contributed by atoms with Gasteiger partial charge in [0.2, 0.25) is 6.39 Å². The molecule has 2 aromatic rings. The van der Waals surface area contributed by atoms with Crippen LogP contribution < -0.4 is 15.8 Å². The maximum Gasteiger partial charge on any atom is 0.213 e. The highest BCUT2D eigenvalue weighted by Gasteiger charge is 2.00. The van der Waals surface area contributed by atoms with Crippen molar-refractivity contribution in [2.45, 2.75) is 6.54 Å². The fraction of sp³-hybridized carbons (Fsp3) is 0.250. The summed E-state index contributed by atoms with van der Waals surface area (Å²) >= 11 is 0. The summed E-state index contributed by atoms with van der Waals surface area (Å²) in [6.07, 6.45) is 1.29. The predicted octanol–water partition coefficient (Wildman–Crippen LogP) is 0.333. The number of amidine groups is 1. The lowest BCUT2D eigenvalue weighted by Gasteiger charge is -2.07. The zero-order chi connectivity index (χ0) is 14.2. The molecule has 0 spiro atoms. The Morgan fingerprint density at radius 1 is 1.40 bits per heavy atom. The predicted molar refractivity (Wildman–Crippen MR) is 70.5 cm³/mol. The molecule has 8 nitrogen and oxygen atoms in total. The van der Waals surface area contributed by atoms with E-state index in [4.69, 9.17) is 15.7 Å². The van der Waals surface area contributed by atoms with E-state index in [1.165, 1.54) is 6.39 Å². The highest BCUT2D eigenvalue weighted by Crippen LogP contribution is 2.11. The second-order valence-electron chi connectivity index (χ2n) is 3.88. The van der Waals surface area contributed by atoms with Gasteiger partial charge in [0, 0.05) is 12.1 Å². The van der Waals surface area contributed by atoms with Crippen LogP contribution in [0.15, 0.2) is 40.3 Å². The quantitative estimate of drug-likeness (QED) is 0.219. The molecular weight excluding hydrogens is 262 g/mol. The van der Waals surface area contributed by atoms with Crippen molar-refractivity contribution in [3.63, 3.8) is 0 Å². The summed E-state index contributed by atoms with van der Waals surface area (Å²) in [7, 11) is 0. The Morgan fingerprint density at radius 2 is 2.20 bits per heavy atom. The largest absolute Gasteiger partial charge is 0.492 e. The molecule has 106 valence electrons. The molecule has 1 aromatic heterocycles. The molecule has 20 heavy (non-hydrogen) atoms. The fourth-order valence-electron chi connectivity index (χ4n) is 1.49. The molecule has 4 N–H and O–H groups in total. The first-order chi connectivity index (χ1) is 9.79. The van der Waals surface area contributed by atoms with Gasteiger partial charge < -0.3 is 25.5 Å². The zero-order valence-corrected chi connectivity index (χ0v) is 10.7. The minimum Gasteiger partial charge on any atom is -0.492 e. The van der Waals surface area contributed by atoms with Crippen molar-refractivity contribution >= 4 is 5.84 Å². The first-order valence-corrected chi connectivity index (χ1v) is 5.96. The number of hydrogen-bond acceptors (Lipinski definition) is 7. The number of nitrogens with one attached hydrogen (secondary N) is 1. The van der Waals surface area contributed by atoms with Gasteiger partial charge in [0.15, 0.2) is 11.7 Å². The molecule has 2 rings (SSSR count). The van der Waals surface area contributed by atoms with Crippen molar-refractivity contribution in [3.8, 4) is 5.75 Å². The Balaban J connectivity index is 1.69. The Labute approximate surface area is 115 Å². The van der Waals surface area contributed by atoms with E-state index in [1.807, 2.05) is 0 Å². The van der Waals surface area contributed by atoms with Gasteiger partial charge in [0.05, 0.1) is 6.54 Å². The molecule has 0 aliphatic carbocycles. The average Bonchev–Trinajstić information content (AvgIpc) is 3.00. The highest BCUT2D eigenvalue weighted by atomic mass is 16.5. The van der Waals surface area contributed by atoms with E-state index in [0.717, 1.165) is 0 Å². The summed E-state index contributed by atoms with van der Waals surface area (Å²) in [4.78, 5) is 3.88. The zero-order valence-electron chi connectivity index (χ0n) is 10.7. The molecule has 0 aliphatic heterocycles. The number of nitrogens with zero attached hydrogens (tertiary/aromatic N) is 3. The van der Waals surface area contributed by atoms with Crippen LogP contribution in [-0.2, 0) is 6.54 Å². The van der Waals surface area contributed by atoms with E-state index in [1.54, 1.807) is 24.3 Å². The molecule has 1 aromatic carbocycles. The van der Waals surface area contributed by atoms with Crippen molar-refractivity contribution < 1.29 is 14.5 Å². The molecular formula is C12H15N5O3. The van der Waals surface area contributed by atoms with Crippen molar-refractivity contribution in [3.05, 3.63) is 42.0 Å². The summed E-state index contributed by atoms with van der Waals surface area (Å²) in [5, 5.41) is 18.3. The minimum absolute atomic E-state index is 0.0679. The molecule has 0 radical (unpaired) electrons. The number of benzene rings is 1. The summed E-state index contributed by atoms with van der Waals surface area (Å²) in [5.74, 6) is 1.38. The van der Waals surface area contributed by atoms with Crippen LogP contribution in [0.5, 0.6) is 5.75 Å². The van der Waals surface area contributed by atoms with Gasteiger partial charge in [-0.1, -0.05) is 10.3 Å². The van der Waals surface area contributed by atoms with Crippen molar-refractivity contribution in [1.82, 2.24) is 15.5 Å². The molecule has 0 unspecified atom stereocenters. The summed E-state index contributed by atoms with van der Waals surface area (Å²) in [5.41, 5.74) is 6.09. The van der Waals surface area contributed by atoms with Gasteiger partial charge in [0.25, 0.3) is 0 Å². The van der Waals surface area contributed by atoms with Crippen LogP contribution in [0.4, 0.5) is 0 Å². The van der Waals surface area contributed by atoms with Crippen molar-refractivity contribution in [1.29, 1.82) is 0 Å². The number of ether oxygens (including phenoxy) is 1. The number of rotatable bonds is 7. The molecule has 0 bridgehead atoms. The Kier molecular flexibility index (Phi) is 4.90. The molecule has 1 heterocycles. The van der Waals surface area contributed by atoms with E-state index >= 15 is 0 Å². The maximum absolute atomic E-state index is 8.54. The van der Waals surface area contributed by atoms with E-state index in [-0.39, 0.29) is 5.84 Å². The van der Waals surface area contributed by atoms with Gasteiger partial charge in [0.1, 0.15) is 12.4 Å². The second kappa shape index (κ2) is 7.10. The van der Waals surface area contributed by atoms with Gasteiger partial charge in [-0.3, -0.25) is 0 Å². The first kappa shape index (κ1) is 13.8. The van der Waals surface area contributed by atoms with Crippen LogP contribution in [0.2, 0.25) is 0 Å². The topological polar surface area (TPSA) is 119 Å². The van der Waals surface area contributed by atoms with Crippen LogP contribution >= 0.6 is 0 Å². The number of oxime groups is 1. The van der Waals surface area contributed by atoms with E-state index in [9.17, 15) is 0 Å². The van der Waals surface area contributed by atoms with Crippen LogP contribution in [0, 0.1) is 0 Å². The lowest BCUT2D eigenvalue weighted by molar-refractivity contribution is 0.312. The standard InChI is InChI=1S/C12H15N5O3/c13-12(16-18)9-1-3-10(4-2-9)19-6-5-14-7-11-15-8-20-17-11/h1-4,8,14,18H,5-7H2,(H2,13,16). The molecule has 8 heteroatoms. The van der Waals surface area contributed by atoms with Crippen molar-refractivity contribution in [2.24, 2.45) is 10.9 Å². The Bertz CT molecular complexity index is 539. The number of hydrogen-bond donors (Lipinski definition) is 3. The van der Waals surface area contributed by atoms with Gasteiger partial charge in [-0.05, 0) is 24.3 Å². The van der Waals surface area contributed by atoms with Gasteiger partial charge in [-0.25, -0.2) is 0 Å². The monoisotopic (exact) mass is 277 g/mol. The van der Waals surface area contributed by atoms with Crippen LogP contribution in [0.1, 0.15) is 11.4 Å². The summed E-state index contributed by atoms with van der Waals surface area (Å²) in [6.45, 7) is 1.68. The van der Waals surface area contributed by atoms with Crippen LogP contribution in [-0.4, -0.2) is 34.3 Å². The van der Waals surface area contributed by atoms with Crippen LogP contribution in [0.3, 0.4) is 0 Å².